The Morgan fingerprint density at radius 3 is 2.53 bits per heavy atom. The van der Waals surface area contributed by atoms with Crippen LogP contribution in [0.15, 0.2) is 24.7 Å². The molecule has 2 aromatic rings. The van der Waals surface area contributed by atoms with Crippen molar-refractivity contribution in [1.82, 2.24) is 15.0 Å². The van der Waals surface area contributed by atoms with Gasteiger partial charge in [-0.3, -0.25) is 0 Å². The first-order chi connectivity index (χ1) is 9.10. The molecule has 2 rings (SSSR count). The summed E-state index contributed by atoms with van der Waals surface area (Å²) in [5.74, 6) is 0.0865. The van der Waals surface area contributed by atoms with Crippen molar-refractivity contribution < 1.29 is 9.90 Å². The largest absolute Gasteiger partial charge is 0.478 e. The Kier molecular flexibility index (Phi) is 3.34. The molecule has 2 heterocycles. The van der Waals surface area contributed by atoms with Crippen LogP contribution in [-0.2, 0) is 0 Å². The van der Waals surface area contributed by atoms with E-state index < -0.39 is 5.97 Å². The molecule has 0 aliphatic rings. The molecule has 7 heteroatoms. The Balaban J connectivity index is 2.21. The van der Waals surface area contributed by atoms with Gasteiger partial charge in [0.1, 0.15) is 5.82 Å². The molecular weight excluding hydrogens is 246 g/mol. The van der Waals surface area contributed by atoms with E-state index in [-0.39, 0.29) is 11.4 Å². The zero-order valence-electron chi connectivity index (χ0n) is 9.95. The monoisotopic (exact) mass is 255 g/mol. The Bertz CT molecular complexity index is 661. The highest BCUT2D eigenvalue weighted by atomic mass is 16.4. The minimum absolute atomic E-state index is 0.153. The van der Waals surface area contributed by atoms with Crippen LogP contribution in [0, 0.1) is 13.5 Å². The highest BCUT2D eigenvalue weighted by Crippen LogP contribution is 2.16. The second-order valence-electron chi connectivity index (χ2n) is 3.69. The van der Waals surface area contributed by atoms with Gasteiger partial charge in [-0.15, -0.1) is 4.98 Å². The molecule has 0 aliphatic heterocycles. The van der Waals surface area contributed by atoms with E-state index in [0.29, 0.717) is 17.2 Å². The summed E-state index contributed by atoms with van der Waals surface area (Å²) < 4.78 is 0. The van der Waals surface area contributed by atoms with E-state index >= 15 is 0 Å². The van der Waals surface area contributed by atoms with Crippen molar-refractivity contribution in [2.24, 2.45) is 0 Å². The number of carbonyl (C=O) groups is 1. The number of nitrogens with one attached hydrogen (secondary N) is 1. The number of rotatable bonds is 3. The molecule has 2 aromatic heterocycles. The van der Waals surface area contributed by atoms with Crippen molar-refractivity contribution in [2.45, 2.75) is 6.92 Å². The lowest BCUT2D eigenvalue weighted by atomic mass is 10.1. The van der Waals surface area contributed by atoms with E-state index in [4.69, 9.17) is 11.7 Å². The molecule has 0 atom stereocenters. The highest BCUT2D eigenvalue weighted by molar-refractivity contribution is 5.89. The summed E-state index contributed by atoms with van der Waals surface area (Å²) in [7, 11) is 0. The van der Waals surface area contributed by atoms with E-state index in [0.717, 1.165) is 0 Å². The van der Waals surface area contributed by atoms with E-state index in [1.165, 1.54) is 18.6 Å². The van der Waals surface area contributed by atoms with Crippen molar-refractivity contribution in [2.75, 3.05) is 5.32 Å². The molecular formula is C12H9N5O2. The fourth-order valence-electron chi connectivity index (χ4n) is 1.42. The number of pyridine rings is 1. The molecule has 0 saturated heterocycles. The van der Waals surface area contributed by atoms with Crippen LogP contribution in [0.1, 0.15) is 15.9 Å². The molecule has 0 aromatic carbocycles. The van der Waals surface area contributed by atoms with Crippen LogP contribution in [0.3, 0.4) is 0 Å². The van der Waals surface area contributed by atoms with Gasteiger partial charge in [0, 0.05) is 6.20 Å². The lowest BCUT2D eigenvalue weighted by Crippen LogP contribution is -2.03. The zero-order valence-corrected chi connectivity index (χ0v) is 9.95. The van der Waals surface area contributed by atoms with Gasteiger partial charge in [0.25, 0.3) is 5.82 Å². The molecule has 94 valence electrons. The van der Waals surface area contributed by atoms with Crippen molar-refractivity contribution in [3.05, 3.63) is 47.2 Å². The minimum atomic E-state index is -1.02. The number of hydrogen-bond donors (Lipinski definition) is 2. The topological polar surface area (TPSA) is 92.4 Å². The molecule has 0 fully saturated rings. The van der Waals surface area contributed by atoms with Crippen LogP contribution in [-0.4, -0.2) is 26.0 Å². The smallest absolute Gasteiger partial charge is 0.337 e. The van der Waals surface area contributed by atoms with Crippen molar-refractivity contribution in [3.8, 4) is 0 Å². The average Bonchev–Trinajstić information content (AvgIpc) is 2.39. The van der Waals surface area contributed by atoms with E-state index in [1.807, 2.05) is 0 Å². The number of anilines is 2. The predicted molar refractivity (Wildman–Crippen MR) is 67.5 cm³/mol. The molecule has 0 amide bonds. The molecule has 0 aliphatic carbocycles. The predicted octanol–water partition coefficient (Wildman–Crippen LogP) is 2.17. The quantitative estimate of drug-likeness (QED) is 0.816. The van der Waals surface area contributed by atoms with Gasteiger partial charge in [0.2, 0.25) is 0 Å². The van der Waals surface area contributed by atoms with Crippen LogP contribution in [0.4, 0.5) is 17.5 Å². The van der Waals surface area contributed by atoms with Crippen molar-refractivity contribution >= 4 is 23.4 Å². The summed E-state index contributed by atoms with van der Waals surface area (Å²) >= 11 is 0. The van der Waals surface area contributed by atoms with E-state index in [2.05, 4.69) is 25.1 Å². The Morgan fingerprint density at radius 2 is 2.00 bits per heavy atom. The second-order valence-corrected chi connectivity index (χ2v) is 3.69. The number of hydrogen-bond acceptors (Lipinski definition) is 5. The third-order valence-electron chi connectivity index (χ3n) is 2.35. The first-order valence-corrected chi connectivity index (χ1v) is 5.26. The molecule has 0 saturated carbocycles. The Labute approximate surface area is 108 Å². The summed E-state index contributed by atoms with van der Waals surface area (Å²) in [6.07, 6.45) is 4.03. The molecule has 0 spiro atoms. The van der Waals surface area contributed by atoms with Crippen molar-refractivity contribution in [3.63, 3.8) is 0 Å². The molecule has 19 heavy (non-hydrogen) atoms. The van der Waals surface area contributed by atoms with Gasteiger partial charge >= 0.3 is 5.97 Å². The maximum absolute atomic E-state index is 10.9. The Hall–Kier alpha value is -3.01. The average molecular weight is 255 g/mol. The zero-order chi connectivity index (χ0) is 13.8. The van der Waals surface area contributed by atoms with Gasteiger partial charge in [0.05, 0.1) is 11.8 Å². The molecule has 7 nitrogen and oxygen atoms in total. The van der Waals surface area contributed by atoms with Gasteiger partial charge in [-0.05, 0) is 18.6 Å². The third-order valence-corrected chi connectivity index (χ3v) is 2.35. The summed E-state index contributed by atoms with van der Waals surface area (Å²) in [6, 6.07) is 1.61. The lowest BCUT2D eigenvalue weighted by Gasteiger charge is -2.05. The molecule has 0 radical (unpaired) electrons. The Morgan fingerprint density at radius 1 is 1.26 bits per heavy atom. The second kappa shape index (κ2) is 5.10. The van der Waals surface area contributed by atoms with E-state index in [1.54, 1.807) is 13.0 Å². The highest BCUT2D eigenvalue weighted by Gasteiger charge is 2.09. The van der Waals surface area contributed by atoms with Gasteiger partial charge in [-0.25, -0.2) is 14.8 Å². The van der Waals surface area contributed by atoms with Gasteiger partial charge in [-0.2, -0.15) is 0 Å². The first kappa shape index (κ1) is 12.4. The molecule has 0 bridgehead atoms. The summed E-state index contributed by atoms with van der Waals surface area (Å²) in [5, 5.41) is 11.8. The number of carboxylic acid groups (broad SMARTS) is 1. The van der Waals surface area contributed by atoms with Gasteiger partial charge < -0.3 is 15.3 Å². The summed E-state index contributed by atoms with van der Waals surface area (Å²) in [6.45, 7) is 8.45. The maximum Gasteiger partial charge on any atom is 0.337 e. The number of carboxylic acids is 1. The summed E-state index contributed by atoms with van der Waals surface area (Å²) in [5.41, 5.74) is 0.746. The third kappa shape index (κ3) is 2.81. The van der Waals surface area contributed by atoms with Crippen LogP contribution >= 0.6 is 0 Å². The normalized spacial score (nSPS) is 9.68. The van der Waals surface area contributed by atoms with Gasteiger partial charge in [0.15, 0.2) is 12.0 Å². The van der Waals surface area contributed by atoms with E-state index in [9.17, 15) is 4.79 Å². The van der Waals surface area contributed by atoms with Crippen molar-refractivity contribution in [1.29, 1.82) is 0 Å². The first-order valence-electron chi connectivity index (χ1n) is 5.26. The minimum Gasteiger partial charge on any atom is -0.478 e. The molecule has 0 unspecified atom stereocenters. The van der Waals surface area contributed by atoms with Crippen LogP contribution in [0.2, 0.25) is 0 Å². The number of aryl methyl sites for hydroxylation is 1. The number of aromatic carboxylic acids is 1. The van der Waals surface area contributed by atoms with Crippen LogP contribution in [0.25, 0.3) is 4.85 Å². The molecule has 2 N–H and O–H groups in total. The fraction of sp³-hybridized carbons (Fsp3) is 0.0833. The fourth-order valence-corrected chi connectivity index (χ4v) is 1.42. The standard InChI is InChI=1S/C12H9N5O2/c1-7-3-9(14-4-8(7)12(18)19)17-11-6-15-10(13-2)5-16-11/h3-6H,1H3,(H,18,19)(H,14,16,17). The SMILES string of the molecule is [C-]#[N+]c1cnc(Nc2cc(C)c(C(=O)O)cn2)cn1. The summed E-state index contributed by atoms with van der Waals surface area (Å²) in [4.78, 5) is 25.8. The lowest BCUT2D eigenvalue weighted by molar-refractivity contribution is 0.0695. The van der Waals surface area contributed by atoms with Gasteiger partial charge in [-0.1, -0.05) is 6.57 Å². The number of nitrogens with zero attached hydrogens (tertiary/aromatic N) is 4. The van der Waals surface area contributed by atoms with Crippen LogP contribution in [0.5, 0.6) is 0 Å². The maximum atomic E-state index is 10.9. The van der Waals surface area contributed by atoms with Crippen LogP contribution < -0.4 is 5.32 Å². The number of aromatic nitrogens is 3.